The van der Waals surface area contributed by atoms with Crippen molar-refractivity contribution in [1.82, 2.24) is 5.32 Å². The first-order chi connectivity index (χ1) is 9.40. The summed E-state index contributed by atoms with van der Waals surface area (Å²) in [6.45, 7) is 6.42. The van der Waals surface area contributed by atoms with Crippen molar-refractivity contribution >= 4 is 5.91 Å². The number of amides is 1. The normalized spacial score (nSPS) is 10.8. The smallest absolute Gasteiger partial charge is 0.225 e. The monoisotopic (exact) mass is 281 g/mol. The summed E-state index contributed by atoms with van der Waals surface area (Å²) in [5.41, 5.74) is -0.395. The van der Waals surface area contributed by atoms with Gasteiger partial charge in [-0.1, -0.05) is 26.8 Å². The van der Waals surface area contributed by atoms with E-state index in [1.807, 2.05) is 26.8 Å². The lowest BCUT2D eigenvalue weighted by molar-refractivity contribution is -0.128. The second-order valence-corrected chi connectivity index (χ2v) is 5.35. The Morgan fingerprint density at radius 2 is 1.80 bits per heavy atom. The minimum absolute atomic E-state index is 0.00120. The van der Waals surface area contributed by atoms with Crippen LogP contribution in [0.3, 0.4) is 0 Å². The predicted molar refractivity (Wildman–Crippen MR) is 77.5 cm³/mol. The van der Waals surface area contributed by atoms with Gasteiger partial charge >= 0.3 is 0 Å². The van der Waals surface area contributed by atoms with E-state index < -0.39 is 5.41 Å². The van der Waals surface area contributed by atoms with Gasteiger partial charge in [0.2, 0.25) is 11.7 Å². The molecule has 0 heterocycles. The van der Waals surface area contributed by atoms with E-state index >= 15 is 0 Å². The molecule has 0 aliphatic carbocycles. The van der Waals surface area contributed by atoms with Crippen LogP contribution in [0.2, 0.25) is 0 Å². The van der Waals surface area contributed by atoms with Crippen LogP contribution in [0.15, 0.2) is 18.2 Å². The molecule has 0 radical (unpaired) electrons. The van der Waals surface area contributed by atoms with Gasteiger partial charge in [0.25, 0.3) is 0 Å². The minimum atomic E-state index is -0.395. The largest absolute Gasteiger partial charge is 0.493 e. The number of carbonyl (C=O) groups excluding carboxylic acids is 1. The topological polar surface area (TPSA) is 56.8 Å². The van der Waals surface area contributed by atoms with Crippen LogP contribution >= 0.6 is 0 Å². The number of para-hydroxylation sites is 1. The van der Waals surface area contributed by atoms with E-state index in [4.69, 9.17) is 14.2 Å². The lowest BCUT2D eigenvalue weighted by Crippen LogP contribution is -2.37. The molecule has 1 aromatic carbocycles. The van der Waals surface area contributed by atoms with Crippen molar-refractivity contribution in [2.24, 2.45) is 5.41 Å². The Balaban J connectivity index is 2.53. The maximum absolute atomic E-state index is 11.7. The number of hydrogen-bond donors (Lipinski definition) is 1. The average molecular weight is 281 g/mol. The van der Waals surface area contributed by atoms with Crippen LogP contribution in [0, 0.1) is 5.41 Å². The van der Waals surface area contributed by atoms with E-state index in [0.29, 0.717) is 30.4 Å². The van der Waals surface area contributed by atoms with Crippen LogP contribution in [0.25, 0.3) is 0 Å². The first kappa shape index (κ1) is 16.1. The van der Waals surface area contributed by atoms with Gasteiger partial charge in [-0.15, -0.1) is 0 Å². The summed E-state index contributed by atoms with van der Waals surface area (Å²) in [6, 6.07) is 5.42. The summed E-state index contributed by atoms with van der Waals surface area (Å²) >= 11 is 0. The van der Waals surface area contributed by atoms with E-state index in [2.05, 4.69) is 5.32 Å². The van der Waals surface area contributed by atoms with Crippen molar-refractivity contribution in [3.8, 4) is 17.2 Å². The molecule has 0 aliphatic heterocycles. The first-order valence-electron chi connectivity index (χ1n) is 6.52. The molecule has 0 saturated heterocycles. The fraction of sp³-hybridized carbons (Fsp3) is 0.533. The maximum atomic E-state index is 11.7. The Morgan fingerprint density at radius 1 is 1.15 bits per heavy atom. The maximum Gasteiger partial charge on any atom is 0.225 e. The molecule has 5 heteroatoms. The Kier molecular flexibility index (Phi) is 5.67. The average Bonchev–Trinajstić information content (AvgIpc) is 2.41. The Bertz CT molecular complexity index is 452. The summed E-state index contributed by atoms with van der Waals surface area (Å²) < 4.78 is 16.1. The lowest BCUT2D eigenvalue weighted by atomic mass is 9.96. The molecule has 0 fully saturated rings. The van der Waals surface area contributed by atoms with Crippen molar-refractivity contribution in [3.05, 3.63) is 18.2 Å². The highest BCUT2D eigenvalue weighted by molar-refractivity contribution is 5.81. The molecule has 5 nitrogen and oxygen atoms in total. The second-order valence-electron chi connectivity index (χ2n) is 5.35. The number of rotatable bonds is 6. The van der Waals surface area contributed by atoms with Gasteiger partial charge < -0.3 is 19.5 Å². The molecule has 1 amide bonds. The van der Waals surface area contributed by atoms with Crippen LogP contribution in [-0.2, 0) is 4.79 Å². The summed E-state index contributed by atoms with van der Waals surface area (Å²) in [7, 11) is 3.14. The van der Waals surface area contributed by atoms with E-state index in [0.717, 1.165) is 0 Å². The van der Waals surface area contributed by atoms with E-state index in [1.54, 1.807) is 26.4 Å². The number of carbonyl (C=O) groups is 1. The Hall–Kier alpha value is -1.91. The number of benzene rings is 1. The lowest BCUT2D eigenvalue weighted by Gasteiger charge is -2.18. The summed E-state index contributed by atoms with van der Waals surface area (Å²) in [4.78, 5) is 11.7. The Morgan fingerprint density at radius 3 is 2.35 bits per heavy atom. The van der Waals surface area contributed by atoms with Crippen molar-refractivity contribution in [3.63, 3.8) is 0 Å². The highest BCUT2D eigenvalue weighted by atomic mass is 16.5. The van der Waals surface area contributed by atoms with Gasteiger partial charge in [-0.25, -0.2) is 0 Å². The van der Waals surface area contributed by atoms with Crippen LogP contribution in [0.5, 0.6) is 17.2 Å². The second kappa shape index (κ2) is 7.03. The molecule has 1 aromatic rings. The number of methoxy groups -OCH3 is 2. The molecule has 0 bridgehead atoms. The predicted octanol–water partition coefficient (Wildman–Crippen LogP) is 2.24. The van der Waals surface area contributed by atoms with Crippen molar-refractivity contribution < 1.29 is 19.0 Å². The molecular weight excluding hydrogens is 258 g/mol. The van der Waals surface area contributed by atoms with Crippen molar-refractivity contribution in [1.29, 1.82) is 0 Å². The van der Waals surface area contributed by atoms with Gasteiger partial charge in [-0.3, -0.25) is 4.79 Å². The zero-order valence-corrected chi connectivity index (χ0v) is 12.8. The Labute approximate surface area is 120 Å². The van der Waals surface area contributed by atoms with Gasteiger partial charge in [-0.2, -0.15) is 0 Å². The van der Waals surface area contributed by atoms with Crippen molar-refractivity contribution in [2.75, 3.05) is 27.4 Å². The van der Waals surface area contributed by atoms with E-state index in [-0.39, 0.29) is 5.91 Å². The first-order valence-corrected chi connectivity index (χ1v) is 6.52. The summed E-state index contributed by atoms with van der Waals surface area (Å²) in [5, 5.41) is 2.82. The minimum Gasteiger partial charge on any atom is -0.493 e. The van der Waals surface area contributed by atoms with Gasteiger partial charge in [0.1, 0.15) is 6.61 Å². The SMILES string of the molecule is COc1cccc(OCCNC(=O)C(C)(C)C)c1OC. The standard InChI is InChI=1S/C15H23NO4/c1-15(2,3)14(17)16-9-10-20-12-8-6-7-11(18-4)13(12)19-5/h6-8H,9-10H2,1-5H3,(H,16,17). The number of ether oxygens (including phenoxy) is 3. The summed E-state index contributed by atoms with van der Waals surface area (Å²) in [5.74, 6) is 1.76. The van der Waals surface area contributed by atoms with Crippen LogP contribution in [-0.4, -0.2) is 33.3 Å². The summed E-state index contributed by atoms with van der Waals surface area (Å²) in [6.07, 6.45) is 0. The zero-order valence-electron chi connectivity index (χ0n) is 12.8. The third-order valence-corrected chi connectivity index (χ3v) is 2.69. The molecule has 0 unspecified atom stereocenters. The molecule has 0 aliphatic rings. The molecule has 20 heavy (non-hydrogen) atoms. The number of nitrogens with one attached hydrogen (secondary N) is 1. The van der Waals surface area contributed by atoms with Gasteiger partial charge in [-0.05, 0) is 12.1 Å². The van der Waals surface area contributed by atoms with Crippen LogP contribution < -0.4 is 19.5 Å². The quantitative estimate of drug-likeness (QED) is 0.813. The third kappa shape index (κ3) is 4.33. The molecule has 0 spiro atoms. The van der Waals surface area contributed by atoms with Gasteiger partial charge in [0.05, 0.1) is 20.8 Å². The molecule has 0 atom stereocenters. The van der Waals surface area contributed by atoms with Crippen LogP contribution in [0.1, 0.15) is 20.8 Å². The molecular formula is C15H23NO4. The van der Waals surface area contributed by atoms with Gasteiger partial charge in [0, 0.05) is 5.41 Å². The third-order valence-electron chi connectivity index (χ3n) is 2.69. The molecule has 0 aromatic heterocycles. The molecule has 112 valence electrons. The number of hydrogen-bond acceptors (Lipinski definition) is 4. The molecule has 1 rings (SSSR count). The molecule has 1 N–H and O–H groups in total. The van der Waals surface area contributed by atoms with E-state index in [1.165, 1.54) is 0 Å². The fourth-order valence-electron chi connectivity index (χ4n) is 1.56. The highest BCUT2D eigenvalue weighted by Gasteiger charge is 2.20. The van der Waals surface area contributed by atoms with Crippen molar-refractivity contribution in [2.45, 2.75) is 20.8 Å². The zero-order chi connectivity index (χ0) is 15.2. The fourth-order valence-corrected chi connectivity index (χ4v) is 1.56. The van der Waals surface area contributed by atoms with Gasteiger partial charge in [0.15, 0.2) is 11.5 Å². The molecule has 0 saturated carbocycles. The van der Waals surface area contributed by atoms with Crippen LogP contribution in [0.4, 0.5) is 0 Å². The van der Waals surface area contributed by atoms with E-state index in [9.17, 15) is 4.79 Å². The highest BCUT2D eigenvalue weighted by Crippen LogP contribution is 2.36.